The van der Waals surface area contributed by atoms with Gasteiger partial charge in [-0.2, -0.15) is 0 Å². The molecule has 0 saturated heterocycles. The van der Waals surface area contributed by atoms with Crippen molar-refractivity contribution in [3.63, 3.8) is 0 Å². The molecule has 0 bridgehead atoms. The van der Waals surface area contributed by atoms with E-state index in [0.29, 0.717) is 5.56 Å². The van der Waals surface area contributed by atoms with E-state index in [-0.39, 0.29) is 18.6 Å². The molecule has 110 valence electrons. The molecule has 1 amide bonds. The van der Waals surface area contributed by atoms with Crippen molar-refractivity contribution in [1.82, 2.24) is 5.32 Å². The van der Waals surface area contributed by atoms with Gasteiger partial charge in [-0.25, -0.2) is 0 Å². The Labute approximate surface area is 120 Å². The van der Waals surface area contributed by atoms with Gasteiger partial charge in [-0.1, -0.05) is 12.8 Å². The first-order chi connectivity index (χ1) is 9.54. The van der Waals surface area contributed by atoms with E-state index in [4.69, 9.17) is 4.74 Å². The van der Waals surface area contributed by atoms with E-state index in [1.165, 1.54) is 0 Å². The molecule has 1 fully saturated rings. The number of ether oxygens (including phenoxy) is 1. The maximum atomic E-state index is 12.2. The lowest BCUT2D eigenvalue weighted by molar-refractivity contribution is 0.0838. The number of aliphatic hydroxyl groups is 1. The van der Waals surface area contributed by atoms with Crippen molar-refractivity contribution < 1.29 is 14.6 Å². The number of hydrogen-bond donors (Lipinski definition) is 2. The van der Waals surface area contributed by atoms with Gasteiger partial charge in [0.05, 0.1) is 18.2 Å². The predicted molar refractivity (Wildman–Crippen MR) is 78.0 cm³/mol. The summed E-state index contributed by atoms with van der Waals surface area (Å²) in [4.78, 5) is 12.2. The van der Waals surface area contributed by atoms with Crippen LogP contribution >= 0.6 is 0 Å². The van der Waals surface area contributed by atoms with Crippen molar-refractivity contribution in [3.05, 3.63) is 29.8 Å². The van der Waals surface area contributed by atoms with Crippen LogP contribution in [0, 0.1) is 0 Å². The average Bonchev–Trinajstić information content (AvgIpc) is 2.88. The molecule has 0 unspecified atom stereocenters. The highest BCUT2D eigenvalue weighted by molar-refractivity contribution is 5.94. The Hall–Kier alpha value is -1.55. The predicted octanol–water partition coefficient (Wildman–Crippen LogP) is 2.51. The largest absolute Gasteiger partial charge is 0.491 e. The van der Waals surface area contributed by atoms with Gasteiger partial charge in [0.2, 0.25) is 0 Å². The van der Waals surface area contributed by atoms with Gasteiger partial charge in [0.1, 0.15) is 5.75 Å². The molecule has 2 rings (SSSR count). The van der Waals surface area contributed by atoms with Crippen LogP contribution in [0.15, 0.2) is 24.3 Å². The average molecular weight is 277 g/mol. The van der Waals surface area contributed by atoms with Crippen LogP contribution in [0.1, 0.15) is 49.9 Å². The molecule has 0 aliphatic heterocycles. The second-order valence-corrected chi connectivity index (χ2v) is 5.79. The van der Waals surface area contributed by atoms with Crippen molar-refractivity contribution >= 4 is 5.91 Å². The molecular formula is C16H23NO3. The quantitative estimate of drug-likeness (QED) is 0.869. The highest BCUT2D eigenvalue weighted by Gasteiger charge is 2.34. The van der Waals surface area contributed by atoms with Crippen LogP contribution in [-0.4, -0.2) is 29.3 Å². The van der Waals surface area contributed by atoms with Crippen LogP contribution in [-0.2, 0) is 0 Å². The molecule has 1 aliphatic rings. The Morgan fingerprint density at radius 1 is 1.30 bits per heavy atom. The van der Waals surface area contributed by atoms with E-state index in [2.05, 4.69) is 5.32 Å². The summed E-state index contributed by atoms with van der Waals surface area (Å²) in [6.07, 6.45) is 3.93. The van der Waals surface area contributed by atoms with Crippen molar-refractivity contribution in [2.75, 3.05) is 6.61 Å². The Morgan fingerprint density at radius 3 is 2.40 bits per heavy atom. The standard InChI is InChI=1S/C16H23NO3/c1-12(2)20-14-7-5-13(6-8-14)15(19)17-16(11-18)9-3-4-10-16/h5-8,12,18H,3-4,9-11H2,1-2H3,(H,17,19). The van der Waals surface area contributed by atoms with Crippen molar-refractivity contribution in [1.29, 1.82) is 0 Å². The van der Waals surface area contributed by atoms with Gasteiger partial charge in [0, 0.05) is 5.56 Å². The molecule has 1 aliphatic carbocycles. The summed E-state index contributed by atoms with van der Waals surface area (Å²) >= 11 is 0. The van der Waals surface area contributed by atoms with Gasteiger partial charge in [-0.15, -0.1) is 0 Å². The SMILES string of the molecule is CC(C)Oc1ccc(C(=O)NC2(CO)CCCC2)cc1. The normalized spacial score (nSPS) is 17.2. The van der Waals surface area contributed by atoms with Crippen molar-refractivity contribution in [2.45, 2.75) is 51.2 Å². The topological polar surface area (TPSA) is 58.6 Å². The number of hydrogen-bond acceptors (Lipinski definition) is 3. The van der Waals surface area contributed by atoms with E-state index < -0.39 is 5.54 Å². The lowest BCUT2D eigenvalue weighted by Crippen LogP contribution is -2.49. The Morgan fingerprint density at radius 2 is 1.90 bits per heavy atom. The maximum Gasteiger partial charge on any atom is 0.251 e. The monoisotopic (exact) mass is 277 g/mol. The zero-order valence-electron chi connectivity index (χ0n) is 12.2. The van der Waals surface area contributed by atoms with Crippen LogP contribution in [0.4, 0.5) is 0 Å². The number of amides is 1. The zero-order chi connectivity index (χ0) is 14.6. The maximum absolute atomic E-state index is 12.2. The summed E-state index contributed by atoms with van der Waals surface area (Å²) < 4.78 is 5.55. The molecule has 20 heavy (non-hydrogen) atoms. The number of carbonyl (C=O) groups is 1. The third kappa shape index (κ3) is 3.51. The molecule has 4 heteroatoms. The van der Waals surface area contributed by atoms with Gasteiger partial charge in [0.25, 0.3) is 5.91 Å². The third-order valence-corrected chi connectivity index (χ3v) is 3.73. The molecule has 1 saturated carbocycles. The minimum Gasteiger partial charge on any atom is -0.491 e. The van der Waals surface area contributed by atoms with Gasteiger partial charge in [-0.05, 0) is 51.0 Å². The molecule has 0 aromatic heterocycles. The fraction of sp³-hybridized carbons (Fsp3) is 0.562. The second-order valence-electron chi connectivity index (χ2n) is 5.79. The van der Waals surface area contributed by atoms with E-state index in [9.17, 15) is 9.90 Å². The lowest BCUT2D eigenvalue weighted by Gasteiger charge is -2.28. The molecule has 4 nitrogen and oxygen atoms in total. The molecule has 0 spiro atoms. The first kappa shape index (κ1) is 14.9. The van der Waals surface area contributed by atoms with Crippen LogP contribution in [0.3, 0.4) is 0 Å². The van der Waals surface area contributed by atoms with Crippen molar-refractivity contribution in [3.8, 4) is 5.75 Å². The number of rotatable bonds is 5. The molecule has 1 aromatic rings. The first-order valence-corrected chi connectivity index (χ1v) is 7.25. The summed E-state index contributed by atoms with van der Waals surface area (Å²) in [5.41, 5.74) is 0.172. The second kappa shape index (κ2) is 6.27. The molecule has 1 aromatic carbocycles. The Balaban J connectivity index is 2.02. The summed E-state index contributed by atoms with van der Waals surface area (Å²) in [5.74, 6) is 0.631. The summed E-state index contributed by atoms with van der Waals surface area (Å²) in [5, 5.41) is 12.5. The highest BCUT2D eigenvalue weighted by Crippen LogP contribution is 2.29. The van der Waals surface area contributed by atoms with E-state index in [1.54, 1.807) is 24.3 Å². The number of carbonyl (C=O) groups excluding carboxylic acids is 1. The molecule has 0 radical (unpaired) electrons. The van der Waals surface area contributed by atoms with Crippen LogP contribution < -0.4 is 10.1 Å². The number of nitrogens with one attached hydrogen (secondary N) is 1. The smallest absolute Gasteiger partial charge is 0.251 e. The van der Waals surface area contributed by atoms with Crippen molar-refractivity contribution in [2.24, 2.45) is 0 Å². The lowest BCUT2D eigenvalue weighted by atomic mass is 9.98. The van der Waals surface area contributed by atoms with E-state index >= 15 is 0 Å². The van der Waals surface area contributed by atoms with Crippen LogP contribution in [0.2, 0.25) is 0 Å². The zero-order valence-corrected chi connectivity index (χ0v) is 12.2. The first-order valence-electron chi connectivity index (χ1n) is 7.25. The van der Waals surface area contributed by atoms with Crippen LogP contribution in [0.5, 0.6) is 5.75 Å². The molecule has 0 heterocycles. The molecular weight excluding hydrogens is 254 g/mol. The highest BCUT2D eigenvalue weighted by atomic mass is 16.5. The van der Waals surface area contributed by atoms with Gasteiger partial charge < -0.3 is 15.2 Å². The number of aliphatic hydroxyl groups excluding tert-OH is 1. The van der Waals surface area contributed by atoms with E-state index in [1.807, 2.05) is 13.8 Å². The Kier molecular flexibility index (Phi) is 4.65. The molecule has 0 atom stereocenters. The Bertz CT molecular complexity index is 447. The molecule has 2 N–H and O–H groups in total. The fourth-order valence-electron chi connectivity index (χ4n) is 2.64. The van der Waals surface area contributed by atoms with Gasteiger partial charge >= 0.3 is 0 Å². The summed E-state index contributed by atoms with van der Waals surface area (Å²) in [6, 6.07) is 7.12. The minimum absolute atomic E-state index is 0.00723. The number of benzene rings is 1. The van der Waals surface area contributed by atoms with Gasteiger partial charge in [0.15, 0.2) is 0 Å². The summed E-state index contributed by atoms with van der Waals surface area (Å²) in [6.45, 7) is 3.94. The summed E-state index contributed by atoms with van der Waals surface area (Å²) in [7, 11) is 0. The third-order valence-electron chi connectivity index (χ3n) is 3.73. The van der Waals surface area contributed by atoms with E-state index in [0.717, 1.165) is 31.4 Å². The fourth-order valence-corrected chi connectivity index (χ4v) is 2.64. The minimum atomic E-state index is -0.426. The van der Waals surface area contributed by atoms with Crippen LogP contribution in [0.25, 0.3) is 0 Å². The van der Waals surface area contributed by atoms with Gasteiger partial charge in [-0.3, -0.25) is 4.79 Å².